The Kier molecular flexibility index (Phi) is 7.69. The van der Waals surface area contributed by atoms with E-state index in [-0.39, 0.29) is 0 Å². The fourth-order valence-corrected chi connectivity index (χ4v) is 2.86. The molecule has 0 aliphatic heterocycles. The summed E-state index contributed by atoms with van der Waals surface area (Å²) in [6.45, 7) is 10.8. The van der Waals surface area contributed by atoms with Gasteiger partial charge < -0.3 is 14.3 Å². The second kappa shape index (κ2) is 9.76. The van der Waals surface area contributed by atoms with Crippen LogP contribution in [-0.2, 0) is 17.9 Å². The molecule has 2 atom stereocenters. The fraction of sp³-hybridized carbons (Fsp3) is 0.524. The highest BCUT2D eigenvalue weighted by Gasteiger charge is 2.18. The Hall–Kier alpha value is -1.62. The fourth-order valence-electron chi connectivity index (χ4n) is 2.86. The van der Waals surface area contributed by atoms with Crippen molar-refractivity contribution in [3.8, 4) is 0 Å². The first-order valence-corrected chi connectivity index (χ1v) is 9.08. The number of furan rings is 1. The van der Waals surface area contributed by atoms with E-state index in [9.17, 15) is 5.11 Å². The molecule has 0 amide bonds. The van der Waals surface area contributed by atoms with Crippen molar-refractivity contribution in [1.29, 1.82) is 0 Å². The smallest absolute Gasteiger partial charge is 0.129 e. The van der Waals surface area contributed by atoms with E-state index in [4.69, 9.17) is 9.15 Å². The standard InChI is InChI=1S/C21H31NO3/c1-5-18(4)22(12-19-11-16(2)8-9-17(19)3)13-20(23)14-24-15-21-7-6-10-25-21/h6-11,18,20,23H,5,12-15H2,1-4H3/t18-,20-/m0/s1. The molecule has 4 heteroatoms. The highest BCUT2D eigenvalue weighted by atomic mass is 16.5. The number of aryl methyl sites for hydroxylation is 2. The molecule has 1 N–H and O–H groups in total. The lowest BCUT2D eigenvalue weighted by Crippen LogP contribution is -2.40. The van der Waals surface area contributed by atoms with Gasteiger partial charge in [0.1, 0.15) is 12.4 Å². The van der Waals surface area contributed by atoms with Gasteiger partial charge in [0.05, 0.1) is 19.0 Å². The van der Waals surface area contributed by atoms with E-state index < -0.39 is 6.10 Å². The summed E-state index contributed by atoms with van der Waals surface area (Å²) in [7, 11) is 0. The molecule has 138 valence electrons. The molecule has 2 aromatic rings. The van der Waals surface area contributed by atoms with Gasteiger partial charge in [-0.05, 0) is 50.5 Å². The van der Waals surface area contributed by atoms with Gasteiger partial charge in [0.25, 0.3) is 0 Å². The number of hydrogen-bond acceptors (Lipinski definition) is 4. The van der Waals surface area contributed by atoms with Crippen LogP contribution < -0.4 is 0 Å². The molecule has 0 unspecified atom stereocenters. The lowest BCUT2D eigenvalue weighted by atomic mass is 10.0. The first-order chi connectivity index (χ1) is 12.0. The van der Waals surface area contributed by atoms with Gasteiger partial charge in [0, 0.05) is 19.1 Å². The van der Waals surface area contributed by atoms with Gasteiger partial charge in [-0.25, -0.2) is 0 Å². The largest absolute Gasteiger partial charge is 0.467 e. The van der Waals surface area contributed by atoms with Gasteiger partial charge >= 0.3 is 0 Å². The van der Waals surface area contributed by atoms with Crippen LogP contribution in [0.1, 0.15) is 42.7 Å². The average Bonchev–Trinajstić information content (AvgIpc) is 3.10. The monoisotopic (exact) mass is 345 g/mol. The molecule has 0 bridgehead atoms. The first-order valence-electron chi connectivity index (χ1n) is 9.08. The first kappa shape index (κ1) is 19.7. The number of hydrogen-bond donors (Lipinski definition) is 1. The molecule has 0 fully saturated rings. The van der Waals surface area contributed by atoms with Crippen LogP contribution >= 0.6 is 0 Å². The molecule has 0 saturated heterocycles. The summed E-state index contributed by atoms with van der Waals surface area (Å²) in [6, 6.07) is 10.7. The van der Waals surface area contributed by atoms with E-state index >= 15 is 0 Å². The van der Waals surface area contributed by atoms with Crippen LogP contribution in [0.2, 0.25) is 0 Å². The number of nitrogens with zero attached hydrogens (tertiary/aromatic N) is 1. The minimum absolute atomic E-state index is 0.306. The minimum atomic E-state index is -0.519. The van der Waals surface area contributed by atoms with Gasteiger partial charge in [-0.2, -0.15) is 0 Å². The highest BCUT2D eigenvalue weighted by Crippen LogP contribution is 2.17. The van der Waals surface area contributed by atoms with Crippen molar-refractivity contribution in [2.45, 2.75) is 59.4 Å². The molecule has 25 heavy (non-hydrogen) atoms. The molecule has 0 spiro atoms. The number of aliphatic hydroxyl groups is 1. The molecule has 0 aliphatic carbocycles. The zero-order valence-corrected chi connectivity index (χ0v) is 15.9. The molecule has 4 nitrogen and oxygen atoms in total. The molecule has 0 radical (unpaired) electrons. The van der Waals surface area contributed by atoms with Crippen LogP contribution in [0.15, 0.2) is 41.0 Å². The second-order valence-corrected chi connectivity index (χ2v) is 6.86. The molecule has 0 aliphatic rings. The quantitative estimate of drug-likeness (QED) is 0.705. The number of aliphatic hydroxyl groups excluding tert-OH is 1. The second-order valence-electron chi connectivity index (χ2n) is 6.86. The van der Waals surface area contributed by atoms with E-state index in [0.29, 0.717) is 25.8 Å². The van der Waals surface area contributed by atoms with E-state index in [1.807, 2.05) is 12.1 Å². The van der Waals surface area contributed by atoms with Crippen molar-refractivity contribution in [3.05, 3.63) is 59.0 Å². The molecule has 1 heterocycles. The average molecular weight is 345 g/mol. The molecule has 2 rings (SSSR count). The van der Waals surface area contributed by atoms with Crippen molar-refractivity contribution in [3.63, 3.8) is 0 Å². The van der Waals surface area contributed by atoms with Crippen molar-refractivity contribution in [1.82, 2.24) is 4.90 Å². The zero-order chi connectivity index (χ0) is 18.2. The summed E-state index contributed by atoms with van der Waals surface area (Å²) in [6.07, 6.45) is 2.16. The van der Waals surface area contributed by atoms with Crippen molar-refractivity contribution >= 4 is 0 Å². The van der Waals surface area contributed by atoms with Gasteiger partial charge in [0.15, 0.2) is 0 Å². The topological polar surface area (TPSA) is 45.8 Å². The van der Waals surface area contributed by atoms with Crippen molar-refractivity contribution < 1.29 is 14.3 Å². The van der Waals surface area contributed by atoms with Crippen LogP contribution in [0, 0.1) is 13.8 Å². The van der Waals surface area contributed by atoms with Crippen molar-refractivity contribution in [2.75, 3.05) is 13.2 Å². The Bertz CT molecular complexity index is 624. The number of rotatable bonds is 10. The normalized spacial score (nSPS) is 14.0. The highest BCUT2D eigenvalue weighted by molar-refractivity contribution is 5.30. The van der Waals surface area contributed by atoms with Crippen LogP contribution in [0.25, 0.3) is 0 Å². The molecular formula is C21H31NO3. The summed E-state index contributed by atoms with van der Waals surface area (Å²) in [5.41, 5.74) is 3.89. The maximum atomic E-state index is 10.4. The van der Waals surface area contributed by atoms with Gasteiger partial charge in [-0.15, -0.1) is 0 Å². The third-order valence-electron chi connectivity index (χ3n) is 4.67. The lowest BCUT2D eigenvalue weighted by Gasteiger charge is -2.31. The Balaban J connectivity index is 1.91. The molecule has 0 saturated carbocycles. The zero-order valence-electron chi connectivity index (χ0n) is 15.9. The third-order valence-corrected chi connectivity index (χ3v) is 4.67. The third kappa shape index (κ3) is 6.31. The van der Waals surface area contributed by atoms with E-state index in [1.165, 1.54) is 16.7 Å². The number of benzene rings is 1. The minimum Gasteiger partial charge on any atom is -0.467 e. The molecule has 1 aromatic carbocycles. The Labute approximate surface area is 151 Å². The predicted molar refractivity (Wildman–Crippen MR) is 100 cm³/mol. The van der Waals surface area contributed by atoms with Crippen LogP contribution in [-0.4, -0.2) is 35.3 Å². The molecular weight excluding hydrogens is 314 g/mol. The summed E-state index contributed by atoms with van der Waals surface area (Å²) in [5.74, 6) is 0.779. The Morgan fingerprint density at radius 2 is 2.04 bits per heavy atom. The molecule has 1 aromatic heterocycles. The SMILES string of the molecule is CC[C@H](C)N(Cc1cc(C)ccc1C)C[C@H](O)COCc1ccco1. The van der Waals surface area contributed by atoms with Crippen LogP contribution in [0.4, 0.5) is 0 Å². The van der Waals surface area contributed by atoms with E-state index in [0.717, 1.165) is 18.7 Å². The maximum absolute atomic E-state index is 10.4. The van der Waals surface area contributed by atoms with Crippen LogP contribution in [0.3, 0.4) is 0 Å². The summed E-state index contributed by atoms with van der Waals surface area (Å²) < 4.78 is 10.8. The summed E-state index contributed by atoms with van der Waals surface area (Å²) in [5, 5.41) is 10.4. The lowest BCUT2D eigenvalue weighted by molar-refractivity contribution is -0.00275. The van der Waals surface area contributed by atoms with Gasteiger partial charge in [-0.1, -0.05) is 30.7 Å². The summed E-state index contributed by atoms with van der Waals surface area (Å²) >= 11 is 0. The van der Waals surface area contributed by atoms with Gasteiger partial charge in [0.2, 0.25) is 0 Å². The van der Waals surface area contributed by atoms with Crippen molar-refractivity contribution in [2.24, 2.45) is 0 Å². The van der Waals surface area contributed by atoms with E-state index in [2.05, 4.69) is 50.8 Å². The Morgan fingerprint density at radius 3 is 2.72 bits per heavy atom. The predicted octanol–water partition coefficient (Wildman–Crippen LogP) is 4.07. The number of ether oxygens (including phenoxy) is 1. The summed E-state index contributed by atoms with van der Waals surface area (Å²) in [4.78, 5) is 2.34. The maximum Gasteiger partial charge on any atom is 0.129 e. The van der Waals surface area contributed by atoms with Crippen LogP contribution in [0.5, 0.6) is 0 Å². The van der Waals surface area contributed by atoms with E-state index in [1.54, 1.807) is 6.26 Å². The van der Waals surface area contributed by atoms with Gasteiger partial charge in [-0.3, -0.25) is 4.90 Å². The Morgan fingerprint density at radius 1 is 1.24 bits per heavy atom.